The molecule has 0 atom stereocenters. The van der Waals surface area contributed by atoms with Crippen LogP contribution in [0.1, 0.15) is 0 Å². The lowest BCUT2D eigenvalue weighted by Crippen LogP contribution is -2.21. The Bertz CT molecular complexity index is 835. The molecule has 134 valence electrons. The lowest BCUT2D eigenvalue weighted by molar-refractivity contribution is 0.425. The van der Waals surface area contributed by atoms with E-state index in [0.29, 0.717) is 11.6 Å². The van der Waals surface area contributed by atoms with E-state index < -0.39 is 0 Å². The van der Waals surface area contributed by atoms with Gasteiger partial charge < -0.3 is 15.5 Å². The molecular formula is C20H22FN5. The number of nitrogens with one attached hydrogen (secondary N) is 2. The van der Waals surface area contributed by atoms with Crippen LogP contribution in [0.4, 0.5) is 21.7 Å². The number of aromatic nitrogens is 2. The lowest BCUT2D eigenvalue weighted by Gasteiger charge is -2.13. The lowest BCUT2D eigenvalue weighted by atomic mass is 10.2. The second-order valence-corrected chi connectivity index (χ2v) is 6.19. The normalized spacial score (nSPS) is 10.8. The highest BCUT2D eigenvalue weighted by Gasteiger charge is 2.07. The molecule has 2 N–H and O–H groups in total. The predicted octanol–water partition coefficient (Wildman–Crippen LogP) is 4.00. The van der Waals surface area contributed by atoms with Crippen LogP contribution in [0.15, 0.2) is 60.7 Å². The van der Waals surface area contributed by atoms with Gasteiger partial charge >= 0.3 is 0 Å². The molecule has 0 saturated carbocycles. The number of benzene rings is 2. The number of rotatable bonds is 7. The van der Waals surface area contributed by atoms with Crippen molar-refractivity contribution in [3.63, 3.8) is 0 Å². The summed E-state index contributed by atoms with van der Waals surface area (Å²) in [5, 5.41) is 6.54. The van der Waals surface area contributed by atoms with Gasteiger partial charge in [0.05, 0.1) is 0 Å². The van der Waals surface area contributed by atoms with Crippen molar-refractivity contribution >= 4 is 17.3 Å². The first-order chi connectivity index (χ1) is 12.6. The fraction of sp³-hybridized carbons (Fsp3) is 0.200. The summed E-state index contributed by atoms with van der Waals surface area (Å²) < 4.78 is 13.1. The standard InChI is InChI=1S/C20H22FN5/c1-26(2)13-12-22-18-14-19(23-17-10-8-16(21)9-11-17)25-20(24-18)15-6-4-3-5-7-15/h3-11,14H,12-13H2,1-2H3,(H2,22,23,24,25). The van der Waals surface area contributed by atoms with Crippen molar-refractivity contribution in [2.24, 2.45) is 0 Å². The SMILES string of the molecule is CN(C)CCNc1cc(Nc2ccc(F)cc2)nc(-c2ccccc2)n1. The Balaban J connectivity index is 1.87. The van der Waals surface area contributed by atoms with Crippen LogP contribution in [0.25, 0.3) is 11.4 Å². The van der Waals surface area contributed by atoms with Crippen molar-refractivity contribution in [1.29, 1.82) is 0 Å². The summed E-state index contributed by atoms with van der Waals surface area (Å²) in [6.45, 7) is 1.67. The minimum absolute atomic E-state index is 0.269. The van der Waals surface area contributed by atoms with E-state index in [1.807, 2.05) is 50.5 Å². The molecule has 0 aliphatic heterocycles. The first kappa shape index (κ1) is 17.8. The first-order valence-corrected chi connectivity index (χ1v) is 8.46. The third kappa shape index (κ3) is 5.00. The van der Waals surface area contributed by atoms with Gasteiger partial charge in [-0.2, -0.15) is 0 Å². The van der Waals surface area contributed by atoms with Crippen LogP contribution in [0.3, 0.4) is 0 Å². The number of hydrogen-bond donors (Lipinski definition) is 2. The van der Waals surface area contributed by atoms with Gasteiger partial charge in [0.15, 0.2) is 5.82 Å². The Labute approximate surface area is 152 Å². The summed E-state index contributed by atoms with van der Waals surface area (Å²) in [6, 6.07) is 17.9. The average molecular weight is 351 g/mol. The van der Waals surface area contributed by atoms with Gasteiger partial charge in [0, 0.05) is 30.4 Å². The molecule has 0 saturated heterocycles. The van der Waals surface area contributed by atoms with Crippen LogP contribution in [0, 0.1) is 5.82 Å². The highest BCUT2D eigenvalue weighted by molar-refractivity contribution is 5.65. The summed E-state index contributed by atoms with van der Waals surface area (Å²) in [5.74, 6) is 1.75. The van der Waals surface area contributed by atoms with Gasteiger partial charge in [-0.1, -0.05) is 30.3 Å². The number of hydrogen-bond acceptors (Lipinski definition) is 5. The molecule has 0 aliphatic rings. The average Bonchev–Trinajstić information content (AvgIpc) is 2.64. The Morgan fingerprint density at radius 3 is 2.31 bits per heavy atom. The third-order valence-corrected chi connectivity index (χ3v) is 3.74. The molecule has 6 heteroatoms. The molecule has 0 spiro atoms. The minimum atomic E-state index is -0.269. The zero-order chi connectivity index (χ0) is 18.4. The molecule has 0 fully saturated rings. The fourth-order valence-electron chi connectivity index (χ4n) is 2.41. The van der Waals surface area contributed by atoms with Gasteiger partial charge in [0.25, 0.3) is 0 Å². The van der Waals surface area contributed by atoms with E-state index in [4.69, 9.17) is 0 Å². The fourth-order valence-corrected chi connectivity index (χ4v) is 2.41. The first-order valence-electron chi connectivity index (χ1n) is 8.46. The van der Waals surface area contributed by atoms with E-state index >= 15 is 0 Å². The Hall–Kier alpha value is -2.99. The van der Waals surface area contributed by atoms with Crippen molar-refractivity contribution in [3.8, 4) is 11.4 Å². The maximum atomic E-state index is 13.1. The molecule has 0 amide bonds. The largest absolute Gasteiger partial charge is 0.369 e. The molecule has 2 aromatic carbocycles. The highest BCUT2D eigenvalue weighted by atomic mass is 19.1. The summed E-state index contributed by atoms with van der Waals surface area (Å²) in [7, 11) is 4.05. The van der Waals surface area contributed by atoms with Crippen LogP contribution >= 0.6 is 0 Å². The summed E-state index contributed by atoms with van der Waals surface area (Å²) >= 11 is 0. The molecule has 0 aliphatic carbocycles. The number of nitrogens with zero attached hydrogens (tertiary/aromatic N) is 3. The minimum Gasteiger partial charge on any atom is -0.369 e. The summed E-state index contributed by atoms with van der Waals surface area (Å²) in [5.41, 5.74) is 1.70. The van der Waals surface area contributed by atoms with Gasteiger partial charge in [0.1, 0.15) is 17.5 Å². The molecule has 1 aromatic heterocycles. The van der Waals surface area contributed by atoms with E-state index in [0.717, 1.165) is 30.2 Å². The molecule has 1 heterocycles. The molecule has 3 aromatic rings. The molecule has 5 nitrogen and oxygen atoms in total. The maximum absolute atomic E-state index is 13.1. The second-order valence-electron chi connectivity index (χ2n) is 6.19. The zero-order valence-electron chi connectivity index (χ0n) is 14.9. The van der Waals surface area contributed by atoms with E-state index in [-0.39, 0.29) is 5.82 Å². The summed E-state index contributed by atoms with van der Waals surface area (Å²) in [4.78, 5) is 11.3. The molecule has 3 rings (SSSR count). The van der Waals surface area contributed by atoms with Gasteiger partial charge in [-0.15, -0.1) is 0 Å². The van der Waals surface area contributed by atoms with Crippen LogP contribution in [-0.2, 0) is 0 Å². The van der Waals surface area contributed by atoms with E-state index in [9.17, 15) is 4.39 Å². The van der Waals surface area contributed by atoms with Crippen LogP contribution in [0.2, 0.25) is 0 Å². The molecule has 0 bridgehead atoms. The monoisotopic (exact) mass is 351 g/mol. The van der Waals surface area contributed by atoms with Crippen molar-refractivity contribution in [2.45, 2.75) is 0 Å². The molecular weight excluding hydrogens is 329 g/mol. The van der Waals surface area contributed by atoms with Crippen molar-refractivity contribution < 1.29 is 4.39 Å². The topological polar surface area (TPSA) is 53.1 Å². The van der Waals surface area contributed by atoms with Gasteiger partial charge in [-0.3, -0.25) is 0 Å². The molecule has 0 radical (unpaired) electrons. The van der Waals surface area contributed by atoms with Crippen molar-refractivity contribution in [1.82, 2.24) is 14.9 Å². The maximum Gasteiger partial charge on any atom is 0.163 e. The van der Waals surface area contributed by atoms with Gasteiger partial charge in [-0.05, 0) is 38.4 Å². The highest BCUT2D eigenvalue weighted by Crippen LogP contribution is 2.22. The number of likely N-dealkylation sites (N-methyl/N-ethyl adjacent to an activating group) is 1. The van der Waals surface area contributed by atoms with E-state index in [1.165, 1.54) is 12.1 Å². The molecule has 0 unspecified atom stereocenters. The van der Waals surface area contributed by atoms with Crippen LogP contribution in [-0.4, -0.2) is 42.1 Å². The van der Waals surface area contributed by atoms with Gasteiger partial charge in [-0.25, -0.2) is 14.4 Å². The Kier molecular flexibility index (Phi) is 5.76. The Morgan fingerprint density at radius 1 is 0.923 bits per heavy atom. The van der Waals surface area contributed by atoms with Crippen LogP contribution < -0.4 is 10.6 Å². The summed E-state index contributed by atoms with van der Waals surface area (Å²) in [6.07, 6.45) is 0. The Morgan fingerprint density at radius 2 is 1.62 bits per heavy atom. The third-order valence-electron chi connectivity index (χ3n) is 3.74. The van der Waals surface area contributed by atoms with Crippen molar-refractivity contribution in [2.75, 3.05) is 37.8 Å². The predicted molar refractivity (Wildman–Crippen MR) is 104 cm³/mol. The van der Waals surface area contributed by atoms with Gasteiger partial charge in [0.2, 0.25) is 0 Å². The van der Waals surface area contributed by atoms with E-state index in [2.05, 4.69) is 25.5 Å². The van der Waals surface area contributed by atoms with E-state index in [1.54, 1.807) is 12.1 Å². The zero-order valence-corrected chi connectivity index (χ0v) is 14.9. The smallest absolute Gasteiger partial charge is 0.163 e. The second kappa shape index (κ2) is 8.40. The van der Waals surface area contributed by atoms with Crippen molar-refractivity contribution in [3.05, 3.63) is 66.5 Å². The quantitative estimate of drug-likeness (QED) is 0.674. The number of anilines is 3. The molecule has 26 heavy (non-hydrogen) atoms. The van der Waals surface area contributed by atoms with Crippen LogP contribution in [0.5, 0.6) is 0 Å². The number of halogens is 1.